The number of hydrogen-bond donors (Lipinski definition) is 0. The van der Waals surface area contributed by atoms with Crippen LogP contribution in [0.1, 0.15) is 6.42 Å². The second-order valence-electron chi connectivity index (χ2n) is 2.85. The van der Waals surface area contributed by atoms with Crippen molar-refractivity contribution in [2.24, 2.45) is 0 Å². The molecule has 0 N–H and O–H groups in total. The molecule has 0 aliphatic carbocycles. The van der Waals surface area contributed by atoms with E-state index >= 15 is 0 Å². The summed E-state index contributed by atoms with van der Waals surface area (Å²) in [6.07, 6.45) is 0.0199. The van der Waals surface area contributed by atoms with Crippen molar-refractivity contribution in [1.82, 2.24) is 0 Å². The van der Waals surface area contributed by atoms with E-state index in [9.17, 15) is 16.8 Å². The van der Waals surface area contributed by atoms with E-state index in [-0.39, 0.29) is 22.1 Å². The Hall–Kier alpha value is -0.110. The number of thiophene rings is 1. The van der Waals surface area contributed by atoms with Crippen LogP contribution in [0.25, 0.3) is 0 Å². The third kappa shape index (κ3) is 4.50. The third-order valence-electron chi connectivity index (χ3n) is 1.60. The van der Waals surface area contributed by atoms with Crippen molar-refractivity contribution in [1.29, 1.82) is 0 Å². The van der Waals surface area contributed by atoms with Gasteiger partial charge in [-0.2, -0.15) is 0 Å². The fourth-order valence-electron chi connectivity index (χ4n) is 0.962. The van der Waals surface area contributed by atoms with Crippen molar-refractivity contribution in [2.45, 2.75) is 10.6 Å². The van der Waals surface area contributed by atoms with Gasteiger partial charge in [0.1, 0.15) is 4.21 Å². The fourth-order valence-corrected chi connectivity index (χ4v) is 4.42. The van der Waals surface area contributed by atoms with E-state index in [4.69, 9.17) is 10.7 Å². The summed E-state index contributed by atoms with van der Waals surface area (Å²) >= 11 is 1.12. The van der Waals surface area contributed by atoms with Gasteiger partial charge in [0.15, 0.2) is 9.84 Å². The minimum Gasteiger partial charge on any atom is -0.223 e. The van der Waals surface area contributed by atoms with Gasteiger partial charge in [0, 0.05) is 10.7 Å². The molecule has 0 radical (unpaired) electrons. The Labute approximate surface area is 97.2 Å². The fraction of sp³-hybridized carbons (Fsp3) is 0.429. The first kappa shape index (κ1) is 13.0. The molecule has 1 heterocycles. The van der Waals surface area contributed by atoms with Gasteiger partial charge < -0.3 is 0 Å². The SMILES string of the molecule is O=S(=O)(Cl)CCCS(=O)(=O)c1cccs1. The van der Waals surface area contributed by atoms with E-state index in [0.717, 1.165) is 11.3 Å². The molecule has 0 aliphatic heterocycles. The zero-order valence-corrected chi connectivity index (χ0v) is 10.8. The Kier molecular flexibility index (Phi) is 4.16. The van der Waals surface area contributed by atoms with E-state index in [1.54, 1.807) is 11.4 Å². The molecule has 4 nitrogen and oxygen atoms in total. The zero-order valence-electron chi connectivity index (χ0n) is 7.59. The Bertz CT molecular complexity index is 500. The lowest BCUT2D eigenvalue weighted by Crippen LogP contribution is -2.09. The lowest BCUT2D eigenvalue weighted by atomic mass is 10.6. The minimum atomic E-state index is -3.60. The first-order valence-electron chi connectivity index (χ1n) is 4.00. The highest BCUT2D eigenvalue weighted by atomic mass is 35.7. The summed E-state index contributed by atoms with van der Waals surface area (Å²) in [6.45, 7) is 0. The molecule has 1 rings (SSSR count). The van der Waals surface area contributed by atoms with Crippen LogP contribution in [0, 0.1) is 0 Å². The lowest BCUT2D eigenvalue weighted by molar-refractivity contribution is 0.595. The summed E-state index contributed by atoms with van der Waals surface area (Å²) in [6, 6.07) is 3.13. The van der Waals surface area contributed by atoms with Gasteiger partial charge in [-0.15, -0.1) is 11.3 Å². The molecule has 1 aromatic rings. The van der Waals surface area contributed by atoms with Crippen LogP contribution >= 0.6 is 22.0 Å². The van der Waals surface area contributed by atoms with Gasteiger partial charge in [0.05, 0.1) is 11.5 Å². The summed E-state index contributed by atoms with van der Waals surface area (Å²) in [5, 5.41) is 1.66. The summed E-state index contributed by atoms with van der Waals surface area (Å²) in [5.74, 6) is -0.515. The molecule has 0 aliphatic rings. The van der Waals surface area contributed by atoms with Gasteiger partial charge in [0.2, 0.25) is 9.05 Å². The monoisotopic (exact) mass is 288 g/mol. The molecule has 0 unspecified atom stereocenters. The molecule has 0 aromatic carbocycles. The Balaban J connectivity index is 2.60. The molecular formula is C7H9ClO4S3. The molecule has 0 spiro atoms. The van der Waals surface area contributed by atoms with E-state index < -0.39 is 18.9 Å². The van der Waals surface area contributed by atoms with E-state index in [1.807, 2.05) is 0 Å². The summed E-state index contributed by atoms with van der Waals surface area (Å²) in [5.41, 5.74) is 0. The molecule has 1 aromatic heterocycles. The van der Waals surface area contributed by atoms with Crippen LogP contribution in [0.3, 0.4) is 0 Å². The molecule has 0 amide bonds. The number of sulfone groups is 1. The molecule has 8 heteroatoms. The lowest BCUT2D eigenvalue weighted by Gasteiger charge is -1.99. The standard InChI is InChI=1S/C7H9ClO4S3/c8-15(11,12)6-2-5-14(9,10)7-3-1-4-13-7/h1,3-4H,2,5-6H2. The maximum Gasteiger partial charge on any atom is 0.232 e. The Morgan fingerprint density at radius 2 is 1.87 bits per heavy atom. The van der Waals surface area contributed by atoms with Crippen molar-refractivity contribution in [3.05, 3.63) is 17.5 Å². The maximum atomic E-state index is 11.6. The zero-order chi connectivity index (χ0) is 11.5. The van der Waals surface area contributed by atoms with E-state index in [1.165, 1.54) is 6.07 Å². The average Bonchev–Trinajstić information content (AvgIpc) is 2.52. The normalized spacial score (nSPS) is 12.9. The second-order valence-corrected chi connectivity index (χ2v) is 9.03. The summed E-state index contributed by atoms with van der Waals surface area (Å²) in [7, 11) is -1.98. The third-order valence-corrected chi connectivity index (χ3v) is 6.13. The number of rotatable bonds is 5. The molecule has 0 fully saturated rings. The van der Waals surface area contributed by atoms with Crippen molar-refractivity contribution in [3.8, 4) is 0 Å². The molecule has 15 heavy (non-hydrogen) atoms. The van der Waals surface area contributed by atoms with Gasteiger partial charge in [-0.25, -0.2) is 16.8 Å². The molecule has 0 bridgehead atoms. The minimum absolute atomic E-state index is 0.0199. The first-order valence-corrected chi connectivity index (χ1v) is 9.01. The second kappa shape index (κ2) is 4.82. The van der Waals surface area contributed by atoms with Crippen LogP contribution in [-0.2, 0) is 18.9 Å². The van der Waals surface area contributed by atoms with Crippen LogP contribution in [0.4, 0.5) is 0 Å². The Morgan fingerprint density at radius 3 is 2.33 bits per heavy atom. The van der Waals surface area contributed by atoms with Crippen LogP contribution in [0.15, 0.2) is 21.7 Å². The predicted molar refractivity (Wildman–Crippen MR) is 60.6 cm³/mol. The molecule has 0 saturated heterocycles. The van der Waals surface area contributed by atoms with Crippen molar-refractivity contribution < 1.29 is 16.8 Å². The predicted octanol–water partition coefficient (Wildman–Crippen LogP) is 1.48. The van der Waals surface area contributed by atoms with Crippen molar-refractivity contribution in [3.63, 3.8) is 0 Å². The van der Waals surface area contributed by atoms with Crippen LogP contribution in [0.2, 0.25) is 0 Å². The number of halogens is 1. The van der Waals surface area contributed by atoms with Gasteiger partial charge >= 0.3 is 0 Å². The first-order chi connectivity index (χ1) is 6.81. The van der Waals surface area contributed by atoms with Crippen LogP contribution < -0.4 is 0 Å². The van der Waals surface area contributed by atoms with Gasteiger partial charge in [-0.1, -0.05) is 6.07 Å². The summed E-state index contributed by atoms with van der Waals surface area (Å²) < 4.78 is 44.5. The molecular weight excluding hydrogens is 280 g/mol. The molecule has 0 atom stereocenters. The van der Waals surface area contributed by atoms with Crippen LogP contribution in [0.5, 0.6) is 0 Å². The largest absolute Gasteiger partial charge is 0.232 e. The highest BCUT2D eigenvalue weighted by Crippen LogP contribution is 2.18. The van der Waals surface area contributed by atoms with Gasteiger partial charge in [0.25, 0.3) is 0 Å². The maximum absolute atomic E-state index is 11.6. The Morgan fingerprint density at radius 1 is 1.20 bits per heavy atom. The van der Waals surface area contributed by atoms with Crippen molar-refractivity contribution in [2.75, 3.05) is 11.5 Å². The topological polar surface area (TPSA) is 68.3 Å². The number of hydrogen-bond acceptors (Lipinski definition) is 5. The van der Waals surface area contributed by atoms with Crippen LogP contribution in [-0.4, -0.2) is 28.3 Å². The molecule has 0 saturated carbocycles. The van der Waals surface area contributed by atoms with Gasteiger partial charge in [-0.05, 0) is 17.9 Å². The van der Waals surface area contributed by atoms with Crippen molar-refractivity contribution >= 4 is 40.9 Å². The molecule has 86 valence electrons. The smallest absolute Gasteiger partial charge is 0.223 e. The average molecular weight is 289 g/mol. The van der Waals surface area contributed by atoms with E-state index in [2.05, 4.69) is 0 Å². The highest BCUT2D eigenvalue weighted by molar-refractivity contribution is 8.13. The quantitative estimate of drug-likeness (QED) is 0.770. The van der Waals surface area contributed by atoms with E-state index in [0.29, 0.717) is 0 Å². The summed E-state index contributed by atoms with van der Waals surface area (Å²) in [4.78, 5) is 0. The highest BCUT2D eigenvalue weighted by Gasteiger charge is 2.16. The van der Waals surface area contributed by atoms with Gasteiger partial charge in [-0.3, -0.25) is 0 Å².